The van der Waals surface area contributed by atoms with Crippen molar-refractivity contribution in [2.75, 3.05) is 20.0 Å². The number of rotatable bonds is 2. The minimum Gasteiger partial charge on any atom is -0.479 e. The predicted octanol–water partition coefficient (Wildman–Crippen LogP) is 0.0760. The molecule has 11 heavy (non-hydrogen) atoms. The largest absolute Gasteiger partial charge is 0.479 e. The third kappa shape index (κ3) is 1.31. The van der Waals surface area contributed by atoms with Crippen LogP contribution >= 0.6 is 0 Å². The minimum atomic E-state index is 0.317. The van der Waals surface area contributed by atoms with E-state index in [-0.39, 0.29) is 0 Å². The Bertz CT molecular complexity index is 229. The molecule has 0 saturated carbocycles. The lowest BCUT2D eigenvalue weighted by Gasteiger charge is -2.04. The molecule has 2 N–H and O–H groups in total. The Morgan fingerprint density at radius 2 is 1.64 bits per heavy atom. The number of nitrogens with zero attached hydrogens (tertiary/aromatic N) is 2. The van der Waals surface area contributed by atoms with Crippen LogP contribution < -0.4 is 15.2 Å². The average molecular weight is 155 g/mol. The Kier molecular flexibility index (Phi) is 2.10. The second-order valence-electron chi connectivity index (χ2n) is 1.81. The van der Waals surface area contributed by atoms with E-state index in [0.29, 0.717) is 17.4 Å². The van der Waals surface area contributed by atoms with Crippen molar-refractivity contribution in [3.63, 3.8) is 0 Å². The van der Waals surface area contributed by atoms with Gasteiger partial charge < -0.3 is 15.2 Å². The molecule has 1 aromatic rings. The van der Waals surface area contributed by atoms with Gasteiger partial charge in [-0.2, -0.15) is 9.97 Å². The molecule has 0 aliphatic carbocycles. The summed E-state index contributed by atoms with van der Waals surface area (Å²) in [5, 5.41) is 0. The number of hydrogen-bond acceptors (Lipinski definition) is 5. The third-order valence-electron chi connectivity index (χ3n) is 1.20. The maximum Gasteiger partial charge on any atom is 0.244 e. The molecule has 0 aromatic carbocycles. The predicted molar refractivity (Wildman–Crippen MR) is 39.5 cm³/mol. The zero-order chi connectivity index (χ0) is 8.27. The highest BCUT2D eigenvalue weighted by molar-refractivity contribution is 5.55. The molecule has 0 atom stereocenters. The normalized spacial score (nSPS) is 9.27. The van der Waals surface area contributed by atoms with E-state index >= 15 is 0 Å². The van der Waals surface area contributed by atoms with E-state index in [2.05, 4.69) is 9.97 Å². The van der Waals surface area contributed by atoms with Crippen LogP contribution in [0.2, 0.25) is 0 Å². The minimum absolute atomic E-state index is 0.317. The van der Waals surface area contributed by atoms with E-state index in [4.69, 9.17) is 15.2 Å². The fraction of sp³-hybridized carbons (Fsp3) is 0.333. The van der Waals surface area contributed by atoms with Gasteiger partial charge in [0.15, 0.2) is 5.69 Å². The smallest absolute Gasteiger partial charge is 0.244 e. The molecular weight excluding hydrogens is 146 g/mol. The molecule has 60 valence electrons. The molecule has 1 heterocycles. The Morgan fingerprint density at radius 1 is 1.18 bits per heavy atom. The first-order chi connectivity index (χ1) is 5.29. The molecule has 0 unspecified atom stereocenters. The molecule has 0 radical (unpaired) electrons. The van der Waals surface area contributed by atoms with Crippen molar-refractivity contribution in [2.45, 2.75) is 0 Å². The molecule has 5 heteroatoms. The third-order valence-corrected chi connectivity index (χ3v) is 1.20. The summed E-state index contributed by atoms with van der Waals surface area (Å²) in [5.74, 6) is 0.661. The highest BCUT2D eigenvalue weighted by atomic mass is 16.5. The topological polar surface area (TPSA) is 70.3 Å². The molecule has 1 aromatic heterocycles. The lowest BCUT2D eigenvalue weighted by atomic mass is 10.5. The van der Waals surface area contributed by atoms with Gasteiger partial charge in [0, 0.05) is 0 Å². The second-order valence-corrected chi connectivity index (χ2v) is 1.81. The number of anilines is 1. The van der Waals surface area contributed by atoms with Gasteiger partial charge in [-0.15, -0.1) is 0 Å². The summed E-state index contributed by atoms with van der Waals surface area (Å²) in [5.41, 5.74) is 5.85. The van der Waals surface area contributed by atoms with Crippen LogP contribution in [0.25, 0.3) is 0 Å². The van der Waals surface area contributed by atoms with Crippen LogP contribution in [0.4, 0.5) is 5.69 Å². The molecule has 0 saturated heterocycles. The van der Waals surface area contributed by atoms with E-state index < -0.39 is 0 Å². The summed E-state index contributed by atoms with van der Waals surface area (Å²) in [6.45, 7) is 0. The molecule has 0 amide bonds. The fourth-order valence-electron chi connectivity index (χ4n) is 0.690. The number of aromatic nitrogens is 2. The first-order valence-electron chi connectivity index (χ1n) is 2.98. The van der Waals surface area contributed by atoms with Crippen LogP contribution in [0.1, 0.15) is 0 Å². The summed E-state index contributed by atoms with van der Waals surface area (Å²) in [7, 11) is 2.97. The molecule has 0 aliphatic heterocycles. The van der Waals surface area contributed by atoms with Crippen LogP contribution in [0, 0.1) is 0 Å². The number of nitrogens with two attached hydrogens (primary N) is 1. The van der Waals surface area contributed by atoms with Crippen molar-refractivity contribution in [1.29, 1.82) is 0 Å². The van der Waals surface area contributed by atoms with Crippen molar-refractivity contribution >= 4 is 5.69 Å². The van der Waals surface area contributed by atoms with Crippen molar-refractivity contribution < 1.29 is 9.47 Å². The van der Waals surface area contributed by atoms with Gasteiger partial charge in [-0.05, 0) is 0 Å². The summed E-state index contributed by atoms with van der Waals surface area (Å²) in [6, 6.07) is 0. The van der Waals surface area contributed by atoms with Crippen molar-refractivity contribution in [2.24, 2.45) is 0 Å². The van der Waals surface area contributed by atoms with Crippen LogP contribution in [0.3, 0.4) is 0 Å². The van der Waals surface area contributed by atoms with Crippen LogP contribution in [-0.2, 0) is 0 Å². The first kappa shape index (κ1) is 7.59. The van der Waals surface area contributed by atoms with Gasteiger partial charge >= 0.3 is 0 Å². The molecule has 5 nitrogen and oxygen atoms in total. The quantitative estimate of drug-likeness (QED) is 0.654. The summed E-state index contributed by atoms with van der Waals surface area (Å²) < 4.78 is 9.66. The van der Waals surface area contributed by atoms with Crippen LogP contribution in [0.5, 0.6) is 11.8 Å². The average Bonchev–Trinajstić information content (AvgIpc) is 2.05. The standard InChI is InChI=1S/C6H9N3O2/c1-10-5-4(7)6(11-2)9-3-8-5/h3H,7H2,1-2H3. The molecule has 1 rings (SSSR count). The fourth-order valence-corrected chi connectivity index (χ4v) is 0.690. The summed E-state index contributed by atoms with van der Waals surface area (Å²) >= 11 is 0. The zero-order valence-corrected chi connectivity index (χ0v) is 6.37. The highest BCUT2D eigenvalue weighted by Gasteiger charge is 2.06. The van der Waals surface area contributed by atoms with E-state index in [1.807, 2.05) is 0 Å². The summed E-state index contributed by atoms with van der Waals surface area (Å²) in [6.07, 6.45) is 1.33. The van der Waals surface area contributed by atoms with E-state index in [0.717, 1.165) is 0 Å². The maximum absolute atomic E-state index is 5.53. The van der Waals surface area contributed by atoms with E-state index in [1.54, 1.807) is 0 Å². The Hall–Kier alpha value is -1.52. The second kappa shape index (κ2) is 3.05. The van der Waals surface area contributed by atoms with Crippen molar-refractivity contribution in [1.82, 2.24) is 9.97 Å². The van der Waals surface area contributed by atoms with Gasteiger partial charge in [0.05, 0.1) is 14.2 Å². The Balaban J connectivity index is 3.10. The Morgan fingerprint density at radius 3 is 2.00 bits per heavy atom. The van der Waals surface area contributed by atoms with Gasteiger partial charge in [-0.1, -0.05) is 0 Å². The SMILES string of the molecule is COc1ncnc(OC)c1N. The molecule has 0 aliphatic rings. The molecule has 0 fully saturated rings. The number of methoxy groups -OCH3 is 2. The maximum atomic E-state index is 5.53. The van der Waals surface area contributed by atoms with E-state index in [1.165, 1.54) is 20.5 Å². The monoisotopic (exact) mass is 155 g/mol. The molecule has 0 bridgehead atoms. The molecular formula is C6H9N3O2. The Labute approximate surface area is 64.2 Å². The van der Waals surface area contributed by atoms with Gasteiger partial charge in [0.25, 0.3) is 0 Å². The lowest BCUT2D eigenvalue weighted by Crippen LogP contribution is -2.00. The van der Waals surface area contributed by atoms with Crippen molar-refractivity contribution in [3.05, 3.63) is 6.33 Å². The van der Waals surface area contributed by atoms with Crippen LogP contribution in [-0.4, -0.2) is 24.2 Å². The van der Waals surface area contributed by atoms with Gasteiger partial charge in [-0.25, -0.2) is 0 Å². The van der Waals surface area contributed by atoms with E-state index in [9.17, 15) is 0 Å². The zero-order valence-electron chi connectivity index (χ0n) is 6.37. The van der Waals surface area contributed by atoms with Gasteiger partial charge in [0.1, 0.15) is 6.33 Å². The summed E-state index contributed by atoms with van der Waals surface area (Å²) in [4.78, 5) is 7.53. The number of hydrogen-bond donors (Lipinski definition) is 1. The number of ether oxygens (including phenoxy) is 2. The van der Waals surface area contributed by atoms with Gasteiger partial charge in [-0.3, -0.25) is 0 Å². The van der Waals surface area contributed by atoms with Gasteiger partial charge in [0.2, 0.25) is 11.8 Å². The lowest BCUT2D eigenvalue weighted by molar-refractivity contribution is 0.376. The van der Waals surface area contributed by atoms with Crippen molar-refractivity contribution in [3.8, 4) is 11.8 Å². The molecule has 0 spiro atoms. The first-order valence-corrected chi connectivity index (χ1v) is 2.98. The highest BCUT2D eigenvalue weighted by Crippen LogP contribution is 2.25. The number of nitrogen functional groups attached to an aromatic ring is 1. The van der Waals surface area contributed by atoms with Crippen LogP contribution in [0.15, 0.2) is 6.33 Å².